The van der Waals surface area contributed by atoms with Crippen LogP contribution in [0.2, 0.25) is 0 Å². The van der Waals surface area contributed by atoms with Gasteiger partial charge in [-0.25, -0.2) is 4.79 Å². The largest absolute Gasteiger partial charge is 0.444 e. The molecule has 5 nitrogen and oxygen atoms in total. The first-order valence-corrected chi connectivity index (χ1v) is 6.87. The van der Waals surface area contributed by atoms with Gasteiger partial charge in [0.2, 0.25) is 0 Å². The van der Waals surface area contributed by atoms with E-state index in [0.29, 0.717) is 18.9 Å². The lowest BCUT2D eigenvalue weighted by Gasteiger charge is -2.23. The quantitative estimate of drug-likeness (QED) is 0.775. The standard InChI is InChI=1S/C14H23NO4/c1-13(2,3)19-12(17)15-10(7-9-5-6-9)11(16)14(4)8-18-14/h9-10H,5-8H2,1-4H3,(H,15,17)/t10-,14+/m0/s1. The van der Waals surface area contributed by atoms with Gasteiger partial charge >= 0.3 is 6.09 Å². The van der Waals surface area contributed by atoms with Crippen molar-refractivity contribution in [1.29, 1.82) is 0 Å². The fourth-order valence-corrected chi connectivity index (χ4v) is 1.99. The maximum atomic E-state index is 12.3. The summed E-state index contributed by atoms with van der Waals surface area (Å²) in [7, 11) is 0. The van der Waals surface area contributed by atoms with E-state index in [9.17, 15) is 9.59 Å². The number of epoxide rings is 1. The van der Waals surface area contributed by atoms with E-state index in [4.69, 9.17) is 9.47 Å². The number of hydrogen-bond acceptors (Lipinski definition) is 4. The van der Waals surface area contributed by atoms with E-state index in [2.05, 4.69) is 5.32 Å². The lowest BCUT2D eigenvalue weighted by atomic mass is 9.96. The minimum absolute atomic E-state index is 0.0368. The van der Waals surface area contributed by atoms with Gasteiger partial charge in [-0.2, -0.15) is 0 Å². The third kappa shape index (κ3) is 4.20. The number of amides is 1. The van der Waals surface area contributed by atoms with Crippen molar-refractivity contribution >= 4 is 11.9 Å². The molecule has 2 aliphatic rings. The van der Waals surface area contributed by atoms with E-state index < -0.39 is 23.3 Å². The molecule has 19 heavy (non-hydrogen) atoms. The lowest BCUT2D eigenvalue weighted by Crippen LogP contribution is -2.47. The van der Waals surface area contributed by atoms with Crippen LogP contribution < -0.4 is 5.32 Å². The van der Waals surface area contributed by atoms with E-state index >= 15 is 0 Å². The van der Waals surface area contributed by atoms with Crippen LogP contribution in [-0.2, 0) is 14.3 Å². The number of hydrogen-bond donors (Lipinski definition) is 1. The minimum Gasteiger partial charge on any atom is -0.444 e. The van der Waals surface area contributed by atoms with E-state index in [1.807, 2.05) is 0 Å². The van der Waals surface area contributed by atoms with Crippen molar-refractivity contribution in [3.63, 3.8) is 0 Å². The maximum Gasteiger partial charge on any atom is 0.408 e. The van der Waals surface area contributed by atoms with Crippen LogP contribution in [0.25, 0.3) is 0 Å². The van der Waals surface area contributed by atoms with E-state index in [1.54, 1.807) is 27.7 Å². The highest BCUT2D eigenvalue weighted by Crippen LogP contribution is 2.36. The van der Waals surface area contributed by atoms with Crippen molar-refractivity contribution in [3.05, 3.63) is 0 Å². The van der Waals surface area contributed by atoms with Crippen molar-refractivity contribution in [1.82, 2.24) is 5.32 Å². The zero-order chi connectivity index (χ0) is 14.3. The van der Waals surface area contributed by atoms with Gasteiger partial charge in [-0.1, -0.05) is 12.8 Å². The van der Waals surface area contributed by atoms with Gasteiger partial charge in [0.1, 0.15) is 11.2 Å². The number of rotatable bonds is 5. The topological polar surface area (TPSA) is 67.9 Å². The van der Waals surface area contributed by atoms with Crippen molar-refractivity contribution < 1.29 is 19.1 Å². The first kappa shape index (κ1) is 14.3. The molecule has 2 atom stereocenters. The Kier molecular flexibility index (Phi) is 3.60. The molecule has 1 amide bonds. The van der Waals surface area contributed by atoms with Gasteiger partial charge in [-0.3, -0.25) is 4.79 Å². The minimum atomic E-state index is -0.700. The van der Waals surface area contributed by atoms with E-state index in [1.165, 1.54) is 0 Å². The molecule has 0 spiro atoms. The summed E-state index contributed by atoms with van der Waals surface area (Å²) in [5, 5.41) is 2.70. The van der Waals surface area contributed by atoms with E-state index in [-0.39, 0.29) is 5.78 Å². The summed E-state index contributed by atoms with van der Waals surface area (Å²) in [5.41, 5.74) is -1.26. The maximum absolute atomic E-state index is 12.3. The molecule has 0 aromatic heterocycles. The number of ether oxygens (including phenoxy) is 2. The Hall–Kier alpha value is -1.10. The summed E-state index contributed by atoms with van der Waals surface area (Å²) in [6.45, 7) is 7.62. The molecule has 2 fully saturated rings. The third-order valence-electron chi connectivity index (χ3n) is 3.37. The van der Waals surface area contributed by atoms with Gasteiger partial charge in [0.15, 0.2) is 5.78 Å². The molecular formula is C14H23NO4. The Morgan fingerprint density at radius 2 is 2.00 bits per heavy atom. The summed E-state index contributed by atoms with van der Waals surface area (Å²) in [6.07, 6.45) is 2.43. The third-order valence-corrected chi connectivity index (χ3v) is 3.37. The highest BCUT2D eigenvalue weighted by molar-refractivity contribution is 5.95. The van der Waals surface area contributed by atoms with Crippen molar-refractivity contribution in [2.24, 2.45) is 5.92 Å². The molecule has 0 unspecified atom stereocenters. The predicted molar refractivity (Wildman–Crippen MR) is 69.9 cm³/mol. The number of alkyl carbamates (subject to hydrolysis) is 1. The van der Waals surface area contributed by atoms with Crippen molar-refractivity contribution in [3.8, 4) is 0 Å². The Balaban J connectivity index is 1.93. The van der Waals surface area contributed by atoms with Gasteiger partial charge in [0, 0.05) is 0 Å². The molecule has 1 aliphatic heterocycles. The van der Waals surface area contributed by atoms with Crippen LogP contribution in [0.1, 0.15) is 47.0 Å². The highest BCUT2D eigenvalue weighted by atomic mass is 16.6. The molecule has 1 aliphatic carbocycles. The number of ketones is 1. The molecule has 1 saturated heterocycles. The summed E-state index contributed by atoms with van der Waals surface area (Å²) in [4.78, 5) is 24.1. The van der Waals surface area contributed by atoms with Crippen LogP contribution in [0.3, 0.4) is 0 Å². The summed E-state index contributed by atoms with van der Waals surface area (Å²) in [5.74, 6) is 0.511. The fourth-order valence-electron chi connectivity index (χ4n) is 1.99. The molecule has 5 heteroatoms. The molecule has 0 bridgehead atoms. The normalized spacial score (nSPS) is 27.6. The first-order chi connectivity index (χ1) is 8.70. The van der Waals surface area contributed by atoms with Crippen LogP contribution in [0, 0.1) is 5.92 Å². The number of Topliss-reactive ketones (excluding diaryl/α,β-unsaturated/α-hetero) is 1. The van der Waals surface area contributed by atoms with Gasteiger partial charge < -0.3 is 14.8 Å². The summed E-state index contributed by atoms with van der Waals surface area (Å²) >= 11 is 0. The monoisotopic (exact) mass is 269 g/mol. The lowest BCUT2D eigenvalue weighted by molar-refractivity contribution is -0.125. The molecule has 1 N–H and O–H groups in total. The average Bonchev–Trinajstić information content (AvgIpc) is 3.12. The summed E-state index contributed by atoms with van der Waals surface area (Å²) < 4.78 is 10.4. The molecule has 0 aromatic carbocycles. The van der Waals surface area contributed by atoms with Gasteiger partial charge in [-0.05, 0) is 40.0 Å². The van der Waals surface area contributed by atoms with Gasteiger partial charge in [-0.15, -0.1) is 0 Å². The highest BCUT2D eigenvalue weighted by Gasteiger charge is 2.50. The molecule has 108 valence electrons. The zero-order valence-electron chi connectivity index (χ0n) is 12.1. The first-order valence-electron chi connectivity index (χ1n) is 6.87. The predicted octanol–water partition coefficient (Wildman–Crippen LogP) is 2.04. The molecular weight excluding hydrogens is 246 g/mol. The molecule has 1 heterocycles. The van der Waals surface area contributed by atoms with Crippen LogP contribution in [-0.4, -0.2) is 35.7 Å². The van der Waals surface area contributed by atoms with Gasteiger partial charge in [0.05, 0.1) is 12.6 Å². The Labute approximate surface area is 114 Å². The second-order valence-corrected chi connectivity index (χ2v) is 6.76. The number of carbonyl (C=O) groups is 2. The van der Waals surface area contributed by atoms with Crippen LogP contribution in [0.15, 0.2) is 0 Å². The molecule has 1 saturated carbocycles. The molecule has 0 radical (unpaired) electrons. The Bertz CT molecular complexity index is 377. The SMILES string of the molecule is CC(C)(C)OC(=O)N[C@@H](CC1CC1)C(=O)[C@@]1(C)CO1. The number of carbonyl (C=O) groups excluding carboxylic acids is 2. The second-order valence-electron chi connectivity index (χ2n) is 6.76. The Morgan fingerprint density at radius 3 is 2.42 bits per heavy atom. The molecule has 2 rings (SSSR count). The Morgan fingerprint density at radius 1 is 1.42 bits per heavy atom. The fraction of sp³-hybridized carbons (Fsp3) is 0.857. The van der Waals surface area contributed by atoms with E-state index in [0.717, 1.165) is 12.8 Å². The zero-order valence-corrected chi connectivity index (χ0v) is 12.1. The summed E-state index contributed by atoms with van der Waals surface area (Å²) in [6, 6.07) is -0.491. The smallest absolute Gasteiger partial charge is 0.408 e. The van der Waals surface area contributed by atoms with Crippen molar-refractivity contribution in [2.45, 2.75) is 64.2 Å². The second kappa shape index (κ2) is 4.78. The van der Waals surface area contributed by atoms with Crippen molar-refractivity contribution in [2.75, 3.05) is 6.61 Å². The van der Waals surface area contributed by atoms with Crippen LogP contribution in [0.4, 0.5) is 4.79 Å². The van der Waals surface area contributed by atoms with Crippen LogP contribution in [0.5, 0.6) is 0 Å². The average molecular weight is 269 g/mol. The number of nitrogens with one attached hydrogen (secondary N) is 1. The van der Waals surface area contributed by atoms with Crippen LogP contribution >= 0.6 is 0 Å². The molecule has 0 aromatic rings. The van der Waals surface area contributed by atoms with Gasteiger partial charge in [0.25, 0.3) is 0 Å².